The molecule has 0 aromatic heterocycles. The monoisotopic (exact) mass is 184 g/mol. The van der Waals surface area contributed by atoms with E-state index in [2.05, 4.69) is 0 Å². The highest BCUT2D eigenvalue weighted by Crippen LogP contribution is 2.51. The Morgan fingerprint density at radius 1 is 1.38 bits per heavy atom. The minimum absolute atomic E-state index is 0.0779. The van der Waals surface area contributed by atoms with Gasteiger partial charge in [0.1, 0.15) is 5.78 Å². The number of carbonyl (C=O) groups excluding carboxylic acids is 2. The molecule has 1 rings (SSSR count). The second-order valence-corrected chi connectivity index (χ2v) is 4.27. The molecule has 2 atom stereocenters. The van der Waals surface area contributed by atoms with Gasteiger partial charge < -0.3 is 4.74 Å². The van der Waals surface area contributed by atoms with Gasteiger partial charge in [-0.2, -0.15) is 0 Å². The fraction of sp³-hybridized carbons (Fsp3) is 0.800. The molecule has 0 heterocycles. The lowest BCUT2D eigenvalue weighted by molar-refractivity contribution is -0.152. The van der Waals surface area contributed by atoms with E-state index in [4.69, 9.17) is 4.74 Å². The van der Waals surface area contributed by atoms with Crippen molar-refractivity contribution < 1.29 is 14.3 Å². The summed E-state index contributed by atoms with van der Waals surface area (Å²) in [7, 11) is 1.38. The van der Waals surface area contributed by atoms with Crippen molar-refractivity contribution in [2.75, 3.05) is 7.11 Å². The van der Waals surface area contributed by atoms with E-state index in [1.54, 1.807) is 6.92 Å². The van der Waals surface area contributed by atoms with Gasteiger partial charge in [0.05, 0.1) is 12.5 Å². The second-order valence-electron chi connectivity index (χ2n) is 4.27. The van der Waals surface area contributed by atoms with Crippen molar-refractivity contribution in [1.29, 1.82) is 0 Å². The van der Waals surface area contributed by atoms with Crippen molar-refractivity contribution in [3.63, 3.8) is 0 Å². The number of rotatable bonds is 3. The fourth-order valence-electron chi connectivity index (χ4n) is 1.86. The standard InChI is InChI=1S/C10H16O3/c1-6(11)7-5-8(7)10(2,3)9(12)13-4/h7-8H,5H2,1-4H3. The van der Waals surface area contributed by atoms with Crippen LogP contribution in [0.25, 0.3) is 0 Å². The summed E-state index contributed by atoms with van der Waals surface area (Å²) in [5.41, 5.74) is -0.509. The molecule has 1 aliphatic carbocycles. The summed E-state index contributed by atoms with van der Waals surface area (Å²) in [4.78, 5) is 22.4. The Bertz CT molecular complexity index is 243. The van der Waals surface area contributed by atoms with Crippen molar-refractivity contribution >= 4 is 11.8 Å². The largest absolute Gasteiger partial charge is 0.469 e. The van der Waals surface area contributed by atoms with Crippen LogP contribution in [0.15, 0.2) is 0 Å². The van der Waals surface area contributed by atoms with E-state index in [1.807, 2.05) is 13.8 Å². The Morgan fingerprint density at radius 2 is 1.92 bits per heavy atom. The zero-order valence-electron chi connectivity index (χ0n) is 8.59. The number of methoxy groups -OCH3 is 1. The molecular formula is C10H16O3. The van der Waals surface area contributed by atoms with Gasteiger partial charge in [-0.1, -0.05) is 0 Å². The molecular weight excluding hydrogens is 168 g/mol. The smallest absolute Gasteiger partial charge is 0.311 e. The molecule has 0 N–H and O–H groups in total. The lowest BCUT2D eigenvalue weighted by Gasteiger charge is -2.21. The van der Waals surface area contributed by atoms with Crippen LogP contribution in [0.4, 0.5) is 0 Å². The minimum atomic E-state index is -0.509. The summed E-state index contributed by atoms with van der Waals surface area (Å²) in [6, 6.07) is 0. The molecule has 74 valence electrons. The molecule has 0 amide bonds. The van der Waals surface area contributed by atoms with Crippen LogP contribution in [0, 0.1) is 17.3 Å². The van der Waals surface area contributed by atoms with Gasteiger partial charge in [-0.25, -0.2) is 0 Å². The van der Waals surface area contributed by atoms with Crippen LogP contribution >= 0.6 is 0 Å². The van der Waals surface area contributed by atoms with Crippen LogP contribution in [0.1, 0.15) is 27.2 Å². The molecule has 3 heteroatoms. The van der Waals surface area contributed by atoms with Crippen molar-refractivity contribution in [2.24, 2.45) is 17.3 Å². The molecule has 1 aliphatic rings. The highest BCUT2D eigenvalue weighted by molar-refractivity contribution is 5.84. The lowest BCUT2D eigenvalue weighted by atomic mass is 9.86. The quantitative estimate of drug-likeness (QED) is 0.623. The molecule has 2 unspecified atom stereocenters. The summed E-state index contributed by atoms with van der Waals surface area (Å²) >= 11 is 0. The molecule has 0 aromatic carbocycles. The molecule has 13 heavy (non-hydrogen) atoms. The molecule has 0 aromatic rings. The molecule has 0 aliphatic heterocycles. The van der Waals surface area contributed by atoms with E-state index in [0.717, 1.165) is 6.42 Å². The second kappa shape index (κ2) is 3.13. The summed E-state index contributed by atoms with van der Waals surface area (Å²) < 4.78 is 4.69. The highest BCUT2D eigenvalue weighted by atomic mass is 16.5. The Labute approximate surface area is 78.5 Å². The minimum Gasteiger partial charge on any atom is -0.469 e. The zero-order valence-corrected chi connectivity index (χ0v) is 8.59. The average molecular weight is 184 g/mol. The molecule has 1 fully saturated rings. The number of hydrogen-bond acceptors (Lipinski definition) is 3. The van der Waals surface area contributed by atoms with Gasteiger partial charge in [-0.15, -0.1) is 0 Å². The molecule has 1 saturated carbocycles. The van der Waals surface area contributed by atoms with Gasteiger partial charge in [-0.3, -0.25) is 9.59 Å². The third-order valence-corrected chi connectivity index (χ3v) is 2.95. The van der Waals surface area contributed by atoms with Crippen LogP contribution < -0.4 is 0 Å². The van der Waals surface area contributed by atoms with Crippen LogP contribution in [0.5, 0.6) is 0 Å². The van der Waals surface area contributed by atoms with E-state index in [1.165, 1.54) is 7.11 Å². The first kappa shape index (κ1) is 10.2. The number of ketones is 1. The van der Waals surface area contributed by atoms with Gasteiger partial charge in [-0.05, 0) is 33.1 Å². The van der Waals surface area contributed by atoms with Crippen molar-refractivity contribution in [1.82, 2.24) is 0 Å². The van der Waals surface area contributed by atoms with Crippen molar-refractivity contribution in [2.45, 2.75) is 27.2 Å². The van der Waals surface area contributed by atoms with Crippen LogP contribution in [-0.4, -0.2) is 18.9 Å². The fourth-order valence-corrected chi connectivity index (χ4v) is 1.86. The average Bonchev–Trinajstić information content (AvgIpc) is 2.81. The Balaban J connectivity index is 2.64. The molecule has 0 radical (unpaired) electrons. The van der Waals surface area contributed by atoms with Gasteiger partial charge >= 0.3 is 5.97 Å². The normalized spacial score (nSPS) is 26.8. The Morgan fingerprint density at radius 3 is 2.23 bits per heavy atom. The summed E-state index contributed by atoms with van der Waals surface area (Å²) in [6.45, 7) is 5.26. The van der Waals surface area contributed by atoms with Crippen LogP contribution in [-0.2, 0) is 14.3 Å². The summed E-state index contributed by atoms with van der Waals surface area (Å²) in [6.07, 6.45) is 0.831. The van der Waals surface area contributed by atoms with E-state index in [-0.39, 0.29) is 23.6 Å². The number of hydrogen-bond donors (Lipinski definition) is 0. The van der Waals surface area contributed by atoms with Crippen molar-refractivity contribution in [3.8, 4) is 0 Å². The molecule has 3 nitrogen and oxygen atoms in total. The SMILES string of the molecule is COC(=O)C(C)(C)C1CC1C(C)=O. The lowest BCUT2D eigenvalue weighted by Crippen LogP contribution is -2.29. The zero-order chi connectivity index (χ0) is 10.2. The summed E-state index contributed by atoms with van der Waals surface area (Å²) in [5.74, 6) is 0.217. The van der Waals surface area contributed by atoms with Gasteiger partial charge in [0.25, 0.3) is 0 Å². The predicted molar refractivity (Wildman–Crippen MR) is 48.1 cm³/mol. The maximum atomic E-state index is 11.3. The Kier molecular flexibility index (Phi) is 2.46. The van der Waals surface area contributed by atoms with Gasteiger partial charge in [0.2, 0.25) is 0 Å². The van der Waals surface area contributed by atoms with E-state index in [9.17, 15) is 9.59 Å². The Hall–Kier alpha value is -0.860. The number of carbonyl (C=O) groups is 2. The van der Waals surface area contributed by atoms with Gasteiger partial charge in [0, 0.05) is 5.92 Å². The number of esters is 1. The predicted octanol–water partition coefficient (Wildman–Crippen LogP) is 1.41. The molecule has 0 saturated heterocycles. The van der Waals surface area contributed by atoms with Gasteiger partial charge in [0.15, 0.2) is 0 Å². The van der Waals surface area contributed by atoms with E-state index in [0.29, 0.717) is 0 Å². The first-order chi connectivity index (χ1) is 5.91. The highest BCUT2D eigenvalue weighted by Gasteiger charge is 2.53. The molecule has 0 bridgehead atoms. The van der Waals surface area contributed by atoms with E-state index < -0.39 is 5.41 Å². The maximum absolute atomic E-state index is 11.3. The first-order valence-corrected chi connectivity index (χ1v) is 4.50. The van der Waals surface area contributed by atoms with Crippen LogP contribution in [0.3, 0.4) is 0 Å². The van der Waals surface area contributed by atoms with Crippen LogP contribution in [0.2, 0.25) is 0 Å². The third-order valence-electron chi connectivity index (χ3n) is 2.95. The number of ether oxygens (including phenoxy) is 1. The van der Waals surface area contributed by atoms with Crippen molar-refractivity contribution in [3.05, 3.63) is 0 Å². The summed E-state index contributed by atoms with van der Waals surface area (Å²) in [5, 5.41) is 0. The maximum Gasteiger partial charge on any atom is 0.311 e. The molecule has 0 spiro atoms. The van der Waals surface area contributed by atoms with E-state index >= 15 is 0 Å². The topological polar surface area (TPSA) is 43.4 Å². The third kappa shape index (κ3) is 1.74. The number of Topliss-reactive ketones (excluding diaryl/α,β-unsaturated/α-hetero) is 1. The first-order valence-electron chi connectivity index (χ1n) is 4.50.